The Balaban J connectivity index is 1.28. The fraction of sp³-hybridized carbons (Fsp3) is 0.739. The number of hydrogen-bond donors (Lipinski definition) is 3. The van der Waals surface area contributed by atoms with Gasteiger partial charge in [0, 0.05) is 75.6 Å². The van der Waals surface area contributed by atoms with Crippen molar-refractivity contribution in [2.75, 3.05) is 115 Å². The highest BCUT2D eigenvalue weighted by atomic mass is 35.5. The maximum absolute atomic E-state index is 15.8. The van der Waals surface area contributed by atoms with Crippen molar-refractivity contribution in [2.45, 2.75) is 197 Å². The summed E-state index contributed by atoms with van der Waals surface area (Å²) in [5, 5.41) is 8.10. The first-order chi connectivity index (χ1) is 46.8. The number of carbonyl (C=O) groups is 12. The minimum Gasteiger partial charge on any atom is -0.379 e. The Hall–Kier alpha value is -7.14. The molecule has 3 saturated heterocycles. The second kappa shape index (κ2) is 35.5. The first kappa shape index (κ1) is 79.2. The van der Waals surface area contributed by atoms with Crippen LogP contribution in [0.2, 0.25) is 5.02 Å². The molecule has 8 atom stereocenters. The molecule has 30 heteroatoms. The van der Waals surface area contributed by atoms with E-state index < -0.39 is 173 Å². The lowest BCUT2D eigenvalue weighted by atomic mass is 9.78. The number of amides is 12. The number of morpholine rings is 1. The number of fused-ring (bicyclic) bond motifs is 1. The molecule has 552 valence electrons. The third kappa shape index (κ3) is 19.5. The summed E-state index contributed by atoms with van der Waals surface area (Å²) in [5.41, 5.74) is -2.39. The summed E-state index contributed by atoms with van der Waals surface area (Å²) in [6, 6.07) is -5.89. The largest absolute Gasteiger partial charge is 0.417 e. The predicted molar refractivity (Wildman–Crippen MR) is 358 cm³/mol. The summed E-state index contributed by atoms with van der Waals surface area (Å²) in [6.45, 7) is 4.14. The van der Waals surface area contributed by atoms with Gasteiger partial charge in [-0.2, -0.15) is 13.2 Å². The number of benzene rings is 1. The standard InChI is InChI=1S/C69H104ClF3N12O14/c1-11-34-99-42-52-63(93)78(5)39-53(86)74-49(28-26-44-25-27-47(48(70)37-44)69(71,72)73)62(92)85-31-19-24-50(85)60(90)76-68(29-16-17-30-68)67(97)83(10)59(46-20-14-13-15-21-46)66(96)81(8)51(64(94)84-32-35-98-36-33-84)38-54(87)82(9)58(45-22-18-23-45)61(91)75-57(43(3)12-2)65(95)79(6)40-55(88)77(4)41-56(89)80(52)7/h25,27,37,43,45-46,49-52,57-59H,11-24,26,28-36,38-42H2,1-10H3,(H,74,86)(H,75,91)(H,76,90)/t43-,49-,50-,51-,52-,57-,58-,59-/m0/s1. The van der Waals surface area contributed by atoms with Crippen LogP contribution in [0.3, 0.4) is 0 Å². The molecule has 1 spiro atoms. The smallest absolute Gasteiger partial charge is 0.379 e. The van der Waals surface area contributed by atoms with E-state index in [2.05, 4.69) is 16.0 Å². The Morgan fingerprint density at radius 3 is 1.90 bits per heavy atom. The van der Waals surface area contributed by atoms with Gasteiger partial charge in [0.1, 0.15) is 47.8 Å². The van der Waals surface area contributed by atoms with E-state index in [4.69, 9.17) is 21.1 Å². The lowest BCUT2D eigenvalue weighted by Gasteiger charge is -2.44. The van der Waals surface area contributed by atoms with E-state index in [9.17, 15) is 41.9 Å². The highest BCUT2D eigenvalue weighted by Gasteiger charge is 2.52. The quantitative estimate of drug-likeness (QED) is 0.253. The average Bonchev–Trinajstić information content (AvgIpc) is 1.76. The summed E-state index contributed by atoms with van der Waals surface area (Å²) in [4.78, 5) is 189. The number of ether oxygens (including phenoxy) is 2. The van der Waals surface area contributed by atoms with Gasteiger partial charge in [0.2, 0.25) is 70.9 Å². The molecule has 3 heterocycles. The number of halogens is 4. The summed E-state index contributed by atoms with van der Waals surface area (Å²) < 4.78 is 52.9. The predicted octanol–water partition coefficient (Wildman–Crippen LogP) is 3.48. The third-order valence-electron chi connectivity index (χ3n) is 21.2. The molecule has 12 amide bonds. The van der Waals surface area contributed by atoms with Gasteiger partial charge >= 0.3 is 6.18 Å². The molecule has 3 aliphatic carbocycles. The van der Waals surface area contributed by atoms with E-state index in [1.54, 1.807) is 6.92 Å². The monoisotopic (exact) mass is 1420 g/mol. The molecule has 26 nitrogen and oxygen atoms in total. The number of carbonyl (C=O) groups excluding carboxylic acids is 12. The second-order valence-corrected chi connectivity index (χ2v) is 28.5. The van der Waals surface area contributed by atoms with E-state index in [1.807, 2.05) is 13.8 Å². The summed E-state index contributed by atoms with van der Waals surface area (Å²) in [6.07, 6.45) is 2.31. The van der Waals surface area contributed by atoms with Gasteiger partial charge in [0.25, 0.3) is 0 Å². The Kier molecular flexibility index (Phi) is 28.4. The summed E-state index contributed by atoms with van der Waals surface area (Å²) in [5.74, 6) is -9.43. The SMILES string of the molecule is CCCOC[C@H]1C(=O)N(C)CC(=O)N[C@@H](CCc2ccc(C(F)(F)F)c(Cl)c2)C(=O)N2CCC[C@H]2C(=O)NC2(CCCC2)C(=O)N(C)[C@@H](C2CCCCC2)C(=O)N(C)[C@H](C(=O)N2CCOCC2)CC(=O)N(C)[C@@H](C2CCC2)C(=O)N[C@@H]([C@@H](C)CC)C(=O)N(C)CC(=O)N(C)CC(=O)N1C. The maximum Gasteiger partial charge on any atom is 0.417 e. The molecule has 99 heavy (non-hydrogen) atoms. The van der Waals surface area contributed by atoms with Crippen molar-refractivity contribution >= 4 is 82.5 Å². The van der Waals surface area contributed by atoms with Gasteiger partial charge in [-0.15, -0.1) is 0 Å². The zero-order valence-electron chi connectivity index (χ0n) is 59.3. The van der Waals surface area contributed by atoms with Crippen LogP contribution < -0.4 is 16.0 Å². The van der Waals surface area contributed by atoms with E-state index in [0.29, 0.717) is 57.8 Å². The van der Waals surface area contributed by atoms with Crippen molar-refractivity contribution in [3.05, 3.63) is 34.3 Å². The van der Waals surface area contributed by atoms with Crippen LogP contribution in [0.25, 0.3) is 0 Å². The van der Waals surface area contributed by atoms with E-state index in [1.165, 1.54) is 79.9 Å². The molecule has 6 aliphatic rings. The molecule has 7 rings (SSSR count). The van der Waals surface area contributed by atoms with Crippen LogP contribution in [0.4, 0.5) is 13.2 Å². The maximum atomic E-state index is 15.8. The molecule has 6 fully saturated rings. The Labute approximate surface area is 584 Å². The van der Waals surface area contributed by atoms with Gasteiger partial charge in [0.05, 0.1) is 56.5 Å². The first-order valence-electron chi connectivity index (χ1n) is 35.2. The zero-order chi connectivity index (χ0) is 72.8. The normalized spacial score (nSPS) is 26.8. The van der Waals surface area contributed by atoms with Crippen molar-refractivity contribution in [3.63, 3.8) is 0 Å². The van der Waals surface area contributed by atoms with Gasteiger partial charge in [-0.05, 0) is 106 Å². The highest BCUT2D eigenvalue weighted by molar-refractivity contribution is 6.31. The topological polar surface area (TPSA) is 289 Å². The van der Waals surface area contributed by atoms with Gasteiger partial charge in [-0.25, -0.2) is 0 Å². The minimum absolute atomic E-state index is 0.0183. The van der Waals surface area contributed by atoms with Gasteiger partial charge in [0.15, 0.2) is 0 Å². The van der Waals surface area contributed by atoms with Crippen molar-refractivity contribution in [2.24, 2.45) is 17.8 Å². The number of alkyl halides is 3. The molecule has 0 radical (unpaired) electrons. The van der Waals surface area contributed by atoms with Crippen LogP contribution >= 0.6 is 11.6 Å². The fourth-order valence-electron chi connectivity index (χ4n) is 14.6. The Morgan fingerprint density at radius 2 is 1.29 bits per heavy atom. The van der Waals surface area contributed by atoms with Gasteiger partial charge < -0.3 is 69.5 Å². The molecular weight excluding hydrogens is 1310 g/mol. The molecule has 1 aromatic rings. The molecule has 3 aliphatic heterocycles. The van der Waals surface area contributed by atoms with Crippen LogP contribution in [0.5, 0.6) is 0 Å². The number of likely N-dealkylation sites (N-methyl/N-ethyl adjacent to an activating group) is 7. The van der Waals surface area contributed by atoms with Crippen LogP contribution in [-0.4, -0.2) is 278 Å². The lowest BCUT2D eigenvalue weighted by molar-refractivity contribution is -0.158. The van der Waals surface area contributed by atoms with Crippen molar-refractivity contribution in [1.29, 1.82) is 0 Å². The van der Waals surface area contributed by atoms with Crippen LogP contribution in [-0.2, 0) is 79.6 Å². The van der Waals surface area contributed by atoms with Gasteiger partial charge in [-0.3, -0.25) is 57.5 Å². The number of rotatable bonds is 12. The fourth-order valence-corrected chi connectivity index (χ4v) is 14.9. The van der Waals surface area contributed by atoms with E-state index >= 15 is 28.8 Å². The number of nitrogens with zero attached hydrogens (tertiary/aromatic N) is 9. The van der Waals surface area contributed by atoms with E-state index in [-0.39, 0.29) is 89.6 Å². The zero-order valence-corrected chi connectivity index (χ0v) is 60.0. The Morgan fingerprint density at radius 1 is 0.667 bits per heavy atom. The van der Waals surface area contributed by atoms with Crippen LogP contribution in [0.15, 0.2) is 18.2 Å². The molecule has 0 bridgehead atoms. The number of aryl methyl sites for hydroxylation is 1. The third-order valence-corrected chi connectivity index (χ3v) is 21.5. The lowest BCUT2D eigenvalue weighted by Crippen LogP contribution is -2.65. The van der Waals surface area contributed by atoms with Crippen LogP contribution in [0, 0.1) is 17.8 Å². The van der Waals surface area contributed by atoms with Gasteiger partial charge in [-0.1, -0.05) is 83.4 Å². The molecule has 0 aromatic heterocycles. The molecule has 1 aromatic carbocycles. The number of nitrogens with one attached hydrogen (secondary N) is 3. The van der Waals surface area contributed by atoms with Crippen LogP contribution in [0.1, 0.15) is 147 Å². The molecular formula is C69H104ClF3N12O14. The molecule has 3 saturated carbocycles. The molecule has 3 N–H and O–H groups in total. The average molecular weight is 1420 g/mol. The van der Waals surface area contributed by atoms with Crippen molar-refractivity contribution in [3.8, 4) is 0 Å². The summed E-state index contributed by atoms with van der Waals surface area (Å²) in [7, 11) is 9.72. The Bertz CT molecular complexity index is 3090. The van der Waals surface area contributed by atoms with E-state index in [0.717, 1.165) is 57.4 Å². The van der Waals surface area contributed by atoms with Crippen molar-refractivity contribution in [1.82, 2.24) is 60.0 Å². The minimum atomic E-state index is -4.77. The second-order valence-electron chi connectivity index (χ2n) is 28.1. The first-order valence-corrected chi connectivity index (χ1v) is 35.5. The highest BCUT2D eigenvalue weighted by Crippen LogP contribution is 2.39. The summed E-state index contributed by atoms with van der Waals surface area (Å²) >= 11 is 6.13. The van der Waals surface area contributed by atoms with Crippen molar-refractivity contribution < 1.29 is 80.2 Å². The molecule has 0 unspecified atom stereocenters. The number of hydrogen-bond acceptors (Lipinski definition) is 14.